The molecule has 0 aromatic carbocycles. The van der Waals surface area contributed by atoms with E-state index in [4.69, 9.17) is 11.6 Å². The predicted molar refractivity (Wildman–Crippen MR) is 60.3 cm³/mol. The number of nitrogens with one attached hydrogen (secondary N) is 1. The quantitative estimate of drug-likeness (QED) is 0.831. The third-order valence-corrected chi connectivity index (χ3v) is 2.50. The summed E-state index contributed by atoms with van der Waals surface area (Å²) in [6.45, 7) is 5.03. The molecule has 0 fully saturated rings. The number of hydrogen-bond acceptors (Lipinski definition) is 4. The zero-order valence-electron chi connectivity index (χ0n) is 9.36. The van der Waals surface area contributed by atoms with E-state index in [2.05, 4.69) is 15.3 Å². The summed E-state index contributed by atoms with van der Waals surface area (Å²) < 4.78 is 0. The molecule has 0 radical (unpaired) electrons. The van der Waals surface area contributed by atoms with Crippen LogP contribution in [0.4, 0.5) is 0 Å². The number of carbonyl (C=O) groups excluding carboxylic acids is 1. The molecule has 0 saturated heterocycles. The Hall–Kier alpha value is -1.20. The zero-order chi connectivity index (χ0) is 12.3. The van der Waals surface area contributed by atoms with Crippen LogP contribution in [0.3, 0.4) is 0 Å². The van der Waals surface area contributed by atoms with Crippen LogP contribution in [0.25, 0.3) is 0 Å². The molecular formula is C10H14ClN3O2. The summed E-state index contributed by atoms with van der Waals surface area (Å²) in [6, 6.07) is 0. The van der Waals surface area contributed by atoms with Crippen molar-refractivity contribution < 1.29 is 9.90 Å². The Kier molecular flexibility index (Phi) is 3.83. The third kappa shape index (κ3) is 3.15. The molecule has 0 bridgehead atoms. The van der Waals surface area contributed by atoms with E-state index in [1.807, 2.05) is 0 Å². The summed E-state index contributed by atoms with van der Waals surface area (Å²) >= 11 is 5.62. The minimum atomic E-state index is -0.735. The molecule has 1 unspecified atom stereocenters. The van der Waals surface area contributed by atoms with E-state index >= 15 is 0 Å². The van der Waals surface area contributed by atoms with Gasteiger partial charge in [-0.05, 0) is 20.8 Å². The fraction of sp³-hybridized carbons (Fsp3) is 0.500. The number of nitrogens with zero attached hydrogens (tertiary/aromatic N) is 2. The second-order valence-electron chi connectivity index (χ2n) is 4.08. The van der Waals surface area contributed by atoms with Gasteiger partial charge in [-0.2, -0.15) is 0 Å². The van der Waals surface area contributed by atoms with Crippen molar-refractivity contribution in [2.75, 3.05) is 0 Å². The van der Waals surface area contributed by atoms with Crippen molar-refractivity contribution in [1.82, 2.24) is 15.3 Å². The molecule has 5 nitrogen and oxygen atoms in total. The Bertz CT molecular complexity index is 393. The minimum absolute atomic E-state index is 0.126. The summed E-state index contributed by atoms with van der Waals surface area (Å²) in [4.78, 5) is 19.3. The molecular weight excluding hydrogens is 230 g/mol. The molecule has 1 aromatic rings. The van der Waals surface area contributed by atoms with Crippen LogP contribution in [0.1, 0.15) is 31.3 Å². The second-order valence-corrected chi connectivity index (χ2v) is 4.47. The molecule has 1 aromatic heterocycles. The van der Waals surface area contributed by atoms with Gasteiger partial charge >= 0.3 is 0 Å². The van der Waals surface area contributed by atoms with E-state index in [9.17, 15) is 9.90 Å². The van der Waals surface area contributed by atoms with Crippen LogP contribution in [0, 0.1) is 0 Å². The van der Waals surface area contributed by atoms with Gasteiger partial charge in [0.15, 0.2) is 0 Å². The lowest BCUT2D eigenvalue weighted by atomic mass is 9.99. The number of aliphatic hydroxyl groups excluding tert-OH is 1. The fourth-order valence-corrected chi connectivity index (χ4v) is 1.06. The number of aromatic nitrogens is 2. The fourth-order valence-electron chi connectivity index (χ4n) is 0.913. The van der Waals surface area contributed by atoms with Gasteiger partial charge in [-0.25, -0.2) is 4.98 Å². The van der Waals surface area contributed by atoms with E-state index in [0.717, 1.165) is 0 Å². The maximum Gasteiger partial charge on any atom is 0.272 e. The normalized spacial score (nSPS) is 13.3. The lowest BCUT2D eigenvalue weighted by Gasteiger charge is -2.29. The smallest absolute Gasteiger partial charge is 0.272 e. The molecule has 16 heavy (non-hydrogen) atoms. The maximum atomic E-state index is 11.7. The van der Waals surface area contributed by atoms with Gasteiger partial charge in [0.05, 0.1) is 24.0 Å². The highest BCUT2D eigenvalue weighted by Crippen LogP contribution is 2.10. The average Bonchev–Trinajstić information content (AvgIpc) is 2.16. The molecule has 0 spiro atoms. The van der Waals surface area contributed by atoms with Gasteiger partial charge in [0.25, 0.3) is 5.91 Å². The molecule has 0 aliphatic heterocycles. The van der Waals surface area contributed by atoms with Crippen molar-refractivity contribution in [3.05, 3.63) is 23.2 Å². The second kappa shape index (κ2) is 4.76. The first-order chi connectivity index (χ1) is 7.33. The first-order valence-corrected chi connectivity index (χ1v) is 5.19. The van der Waals surface area contributed by atoms with Gasteiger partial charge in [0, 0.05) is 0 Å². The van der Waals surface area contributed by atoms with Crippen molar-refractivity contribution in [3.63, 3.8) is 0 Å². The molecule has 0 aliphatic rings. The highest BCUT2D eigenvalue weighted by atomic mass is 35.5. The zero-order valence-corrected chi connectivity index (χ0v) is 10.1. The molecule has 1 amide bonds. The van der Waals surface area contributed by atoms with E-state index in [0.29, 0.717) is 0 Å². The van der Waals surface area contributed by atoms with Gasteiger partial charge in [0.2, 0.25) is 0 Å². The van der Waals surface area contributed by atoms with E-state index < -0.39 is 17.6 Å². The molecule has 6 heteroatoms. The minimum Gasteiger partial charge on any atom is -0.391 e. The average molecular weight is 244 g/mol. The monoisotopic (exact) mass is 243 g/mol. The Labute approximate surface area is 98.9 Å². The molecule has 1 heterocycles. The van der Waals surface area contributed by atoms with Crippen LogP contribution in [0.15, 0.2) is 12.4 Å². The predicted octanol–water partition coefficient (Wildman–Crippen LogP) is 1.02. The number of carbonyl (C=O) groups is 1. The first kappa shape index (κ1) is 12.9. The van der Waals surface area contributed by atoms with Crippen LogP contribution in [0.2, 0.25) is 5.15 Å². The SMILES string of the molecule is CC(O)C(C)(C)NC(=O)c1cncc(Cl)n1. The molecule has 0 saturated carbocycles. The van der Waals surface area contributed by atoms with Crippen molar-refractivity contribution in [2.24, 2.45) is 0 Å². The largest absolute Gasteiger partial charge is 0.391 e. The van der Waals surface area contributed by atoms with Gasteiger partial charge in [-0.3, -0.25) is 9.78 Å². The molecule has 0 aliphatic carbocycles. The Morgan fingerprint density at radius 1 is 1.56 bits per heavy atom. The van der Waals surface area contributed by atoms with Crippen LogP contribution in [-0.4, -0.2) is 32.6 Å². The van der Waals surface area contributed by atoms with Crippen molar-refractivity contribution >= 4 is 17.5 Å². The summed E-state index contributed by atoms with van der Waals surface area (Å²) in [7, 11) is 0. The number of hydrogen-bond donors (Lipinski definition) is 2. The number of halogens is 1. The Morgan fingerprint density at radius 2 is 2.19 bits per heavy atom. The van der Waals surface area contributed by atoms with Crippen molar-refractivity contribution in [3.8, 4) is 0 Å². The van der Waals surface area contributed by atoms with Crippen LogP contribution < -0.4 is 5.32 Å². The lowest BCUT2D eigenvalue weighted by molar-refractivity contribution is 0.0705. The third-order valence-electron chi connectivity index (χ3n) is 2.32. The molecule has 1 atom stereocenters. The topological polar surface area (TPSA) is 75.1 Å². The van der Waals surface area contributed by atoms with Gasteiger partial charge in [-0.15, -0.1) is 0 Å². The molecule has 88 valence electrons. The standard InChI is InChI=1S/C10H14ClN3O2/c1-6(15)10(2,3)14-9(16)7-4-12-5-8(11)13-7/h4-6,15H,1-3H3,(H,14,16). The Balaban J connectivity index is 2.81. The van der Waals surface area contributed by atoms with Gasteiger partial charge in [0.1, 0.15) is 10.8 Å². The van der Waals surface area contributed by atoms with Gasteiger partial charge < -0.3 is 10.4 Å². The first-order valence-electron chi connectivity index (χ1n) is 4.81. The number of rotatable bonds is 3. The van der Waals surface area contributed by atoms with Crippen molar-refractivity contribution in [1.29, 1.82) is 0 Å². The highest BCUT2D eigenvalue weighted by molar-refractivity contribution is 6.29. The van der Waals surface area contributed by atoms with E-state index in [-0.39, 0.29) is 10.8 Å². The number of aliphatic hydroxyl groups is 1. The lowest BCUT2D eigenvalue weighted by Crippen LogP contribution is -2.51. The summed E-state index contributed by atoms with van der Waals surface area (Å²) in [5.41, 5.74) is -0.609. The van der Waals surface area contributed by atoms with Crippen LogP contribution in [0.5, 0.6) is 0 Å². The highest BCUT2D eigenvalue weighted by Gasteiger charge is 2.27. The van der Waals surface area contributed by atoms with Crippen LogP contribution in [-0.2, 0) is 0 Å². The summed E-state index contributed by atoms with van der Waals surface area (Å²) in [6.07, 6.45) is 1.99. The van der Waals surface area contributed by atoms with E-state index in [1.54, 1.807) is 20.8 Å². The van der Waals surface area contributed by atoms with Gasteiger partial charge in [-0.1, -0.05) is 11.6 Å². The Morgan fingerprint density at radius 3 is 2.69 bits per heavy atom. The van der Waals surface area contributed by atoms with Crippen molar-refractivity contribution in [2.45, 2.75) is 32.4 Å². The molecule has 2 N–H and O–H groups in total. The van der Waals surface area contributed by atoms with Crippen LogP contribution >= 0.6 is 11.6 Å². The van der Waals surface area contributed by atoms with E-state index in [1.165, 1.54) is 12.4 Å². The maximum absolute atomic E-state index is 11.7. The molecule has 1 rings (SSSR count). The summed E-state index contributed by atoms with van der Waals surface area (Å²) in [5.74, 6) is -0.416. The number of amides is 1. The summed E-state index contributed by atoms with van der Waals surface area (Å²) in [5, 5.41) is 12.3.